The number of aromatic nitrogens is 1. The maximum atomic E-state index is 11.8. The summed E-state index contributed by atoms with van der Waals surface area (Å²) in [6.07, 6.45) is 2.27. The Bertz CT molecular complexity index is 505. The van der Waals surface area contributed by atoms with E-state index in [0.717, 1.165) is 6.42 Å². The molecule has 1 fully saturated rings. The van der Waals surface area contributed by atoms with Crippen molar-refractivity contribution in [3.63, 3.8) is 0 Å². The van der Waals surface area contributed by atoms with Crippen molar-refractivity contribution in [2.45, 2.75) is 6.42 Å². The monoisotopic (exact) mass is 306 g/mol. The second kappa shape index (κ2) is 4.19. The molecule has 0 radical (unpaired) electrons. The number of anilines is 2. The maximum Gasteiger partial charge on any atom is 0.301 e. The Balaban J connectivity index is 2.46. The summed E-state index contributed by atoms with van der Waals surface area (Å²) in [4.78, 5) is 3.92. The summed E-state index contributed by atoms with van der Waals surface area (Å²) < 4.78 is 27.9. The highest BCUT2D eigenvalue weighted by Crippen LogP contribution is 2.27. The molecule has 1 aliphatic rings. The first-order valence-corrected chi connectivity index (χ1v) is 6.92. The second-order valence-corrected chi connectivity index (χ2v) is 5.98. The first-order valence-electron chi connectivity index (χ1n) is 4.69. The second-order valence-electron chi connectivity index (χ2n) is 3.38. The molecular formula is C8H11BrN4O2S. The lowest BCUT2D eigenvalue weighted by Gasteiger charge is -2.29. The zero-order valence-electron chi connectivity index (χ0n) is 8.35. The lowest BCUT2D eigenvalue weighted by atomic mass is 10.3. The SMILES string of the molecule is Nc1ncc(Br)cc1N1CCCNS1(=O)=O. The molecule has 0 amide bonds. The third kappa shape index (κ3) is 2.13. The molecule has 6 nitrogen and oxygen atoms in total. The molecule has 1 aromatic rings. The molecule has 16 heavy (non-hydrogen) atoms. The zero-order valence-corrected chi connectivity index (χ0v) is 10.8. The Kier molecular flexibility index (Phi) is 3.04. The summed E-state index contributed by atoms with van der Waals surface area (Å²) in [6.45, 7) is 0.873. The Morgan fingerprint density at radius 1 is 1.56 bits per heavy atom. The summed E-state index contributed by atoms with van der Waals surface area (Å²) in [6, 6.07) is 1.65. The minimum absolute atomic E-state index is 0.204. The van der Waals surface area contributed by atoms with Crippen LogP contribution in [0, 0.1) is 0 Å². The Morgan fingerprint density at radius 2 is 2.31 bits per heavy atom. The van der Waals surface area contributed by atoms with Crippen LogP contribution in [0.4, 0.5) is 11.5 Å². The number of nitrogens with zero attached hydrogens (tertiary/aromatic N) is 2. The molecule has 0 unspecified atom stereocenters. The van der Waals surface area contributed by atoms with Crippen molar-refractivity contribution >= 4 is 37.6 Å². The quantitative estimate of drug-likeness (QED) is 0.789. The van der Waals surface area contributed by atoms with Gasteiger partial charge >= 0.3 is 10.2 Å². The van der Waals surface area contributed by atoms with Crippen molar-refractivity contribution in [2.75, 3.05) is 23.1 Å². The molecule has 0 spiro atoms. The summed E-state index contributed by atoms with van der Waals surface area (Å²) >= 11 is 3.24. The Labute approximate surface area is 102 Å². The van der Waals surface area contributed by atoms with Crippen LogP contribution in [-0.2, 0) is 10.2 Å². The van der Waals surface area contributed by atoms with Gasteiger partial charge in [-0.15, -0.1) is 0 Å². The molecule has 0 aliphatic carbocycles. The summed E-state index contributed by atoms with van der Waals surface area (Å²) in [7, 11) is -3.47. The fourth-order valence-electron chi connectivity index (χ4n) is 1.51. The molecule has 1 saturated heterocycles. The topological polar surface area (TPSA) is 88.3 Å². The van der Waals surface area contributed by atoms with E-state index in [1.807, 2.05) is 0 Å². The maximum absolute atomic E-state index is 11.8. The molecule has 3 N–H and O–H groups in total. The van der Waals surface area contributed by atoms with Gasteiger partial charge in [-0.05, 0) is 28.4 Å². The molecule has 0 saturated carbocycles. The molecule has 88 valence electrons. The van der Waals surface area contributed by atoms with E-state index in [4.69, 9.17) is 5.73 Å². The molecule has 0 bridgehead atoms. The van der Waals surface area contributed by atoms with Crippen LogP contribution in [-0.4, -0.2) is 26.5 Å². The van der Waals surface area contributed by atoms with Gasteiger partial charge in [-0.25, -0.2) is 4.98 Å². The van der Waals surface area contributed by atoms with Crippen molar-refractivity contribution in [3.8, 4) is 0 Å². The number of hydrogen-bond acceptors (Lipinski definition) is 4. The highest BCUT2D eigenvalue weighted by atomic mass is 79.9. The van der Waals surface area contributed by atoms with Crippen molar-refractivity contribution in [1.29, 1.82) is 0 Å². The highest BCUT2D eigenvalue weighted by molar-refractivity contribution is 9.10. The zero-order chi connectivity index (χ0) is 11.8. The number of hydrogen-bond donors (Lipinski definition) is 2. The van der Waals surface area contributed by atoms with E-state index in [0.29, 0.717) is 23.2 Å². The fourth-order valence-corrected chi connectivity index (χ4v) is 3.16. The van der Waals surface area contributed by atoms with Crippen LogP contribution in [0.3, 0.4) is 0 Å². The molecule has 0 aromatic carbocycles. The number of rotatable bonds is 1. The van der Waals surface area contributed by atoms with Gasteiger partial charge in [0.1, 0.15) is 5.82 Å². The molecule has 0 atom stereocenters. The van der Waals surface area contributed by atoms with Crippen LogP contribution in [0.25, 0.3) is 0 Å². The predicted molar refractivity (Wildman–Crippen MR) is 65.2 cm³/mol. The minimum Gasteiger partial charge on any atom is -0.382 e. The molecule has 1 aromatic heterocycles. The normalized spacial score (nSPS) is 19.7. The lowest BCUT2D eigenvalue weighted by molar-refractivity contribution is 0.560. The number of nitrogen functional groups attached to an aromatic ring is 1. The number of nitrogens with two attached hydrogens (primary N) is 1. The van der Waals surface area contributed by atoms with E-state index in [9.17, 15) is 8.42 Å². The summed E-state index contributed by atoms with van der Waals surface area (Å²) in [5.41, 5.74) is 6.08. The van der Waals surface area contributed by atoms with E-state index in [-0.39, 0.29) is 5.82 Å². The average Bonchev–Trinajstić information content (AvgIpc) is 2.22. The molecule has 8 heteroatoms. The summed E-state index contributed by atoms with van der Waals surface area (Å²) in [5.74, 6) is 0.204. The van der Waals surface area contributed by atoms with Gasteiger partial charge in [0.05, 0.1) is 5.69 Å². The van der Waals surface area contributed by atoms with Crippen molar-refractivity contribution in [1.82, 2.24) is 9.71 Å². The van der Waals surface area contributed by atoms with Crippen LogP contribution in [0.5, 0.6) is 0 Å². The smallest absolute Gasteiger partial charge is 0.301 e. The predicted octanol–water partition coefficient (Wildman–Crippen LogP) is 0.471. The minimum atomic E-state index is -3.47. The largest absolute Gasteiger partial charge is 0.382 e. The van der Waals surface area contributed by atoms with Crippen LogP contribution in [0.15, 0.2) is 16.7 Å². The van der Waals surface area contributed by atoms with E-state index >= 15 is 0 Å². The average molecular weight is 307 g/mol. The number of nitrogens with one attached hydrogen (secondary N) is 1. The van der Waals surface area contributed by atoms with Gasteiger partial charge in [-0.2, -0.15) is 13.1 Å². The Hall–Kier alpha value is -0.860. The number of halogens is 1. The summed E-state index contributed by atoms with van der Waals surface area (Å²) in [5, 5.41) is 0. The van der Waals surface area contributed by atoms with Crippen molar-refractivity contribution in [2.24, 2.45) is 0 Å². The number of pyridine rings is 1. The first-order chi connectivity index (χ1) is 7.50. The van der Waals surface area contributed by atoms with Gasteiger partial charge < -0.3 is 5.73 Å². The van der Waals surface area contributed by atoms with Gasteiger partial charge in [-0.3, -0.25) is 4.31 Å². The van der Waals surface area contributed by atoms with Gasteiger partial charge in [0, 0.05) is 23.8 Å². The van der Waals surface area contributed by atoms with Gasteiger partial charge in [0.15, 0.2) is 0 Å². The van der Waals surface area contributed by atoms with Gasteiger partial charge in [-0.1, -0.05) is 0 Å². The molecule has 1 aliphatic heterocycles. The van der Waals surface area contributed by atoms with E-state index in [2.05, 4.69) is 25.6 Å². The molecule has 2 rings (SSSR count). The Morgan fingerprint density at radius 3 is 3.00 bits per heavy atom. The lowest BCUT2D eigenvalue weighted by Crippen LogP contribution is -2.47. The highest BCUT2D eigenvalue weighted by Gasteiger charge is 2.27. The van der Waals surface area contributed by atoms with Crippen LogP contribution >= 0.6 is 15.9 Å². The van der Waals surface area contributed by atoms with Gasteiger partial charge in [0.2, 0.25) is 0 Å². The van der Waals surface area contributed by atoms with E-state index in [1.54, 1.807) is 6.07 Å². The standard InChI is InChI=1S/C8H11BrN4O2S/c9-6-4-7(8(10)11-5-6)13-3-1-2-12-16(13,14)15/h4-5,12H,1-3H2,(H2,10,11). The molecule has 2 heterocycles. The molecular weight excluding hydrogens is 296 g/mol. The van der Waals surface area contributed by atoms with E-state index < -0.39 is 10.2 Å². The van der Waals surface area contributed by atoms with Crippen molar-refractivity contribution in [3.05, 3.63) is 16.7 Å². The first kappa shape index (κ1) is 11.6. The van der Waals surface area contributed by atoms with Crippen LogP contribution < -0.4 is 14.8 Å². The van der Waals surface area contributed by atoms with Crippen LogP contribution in [0.1, 0.15) is 6.42 Å². The fraction of sp³-hybridized carbons (Fsp3) is 0.375. The van der Waals surface area contributed by atoms with Crippen molar-refractivity contribution < 1.29 is 8.42 Å². The third-order valence-electron chi connectivity index (χ3n) is 2.25. The third-order valence-corrected chi connectivity index (χ3v) is 4.21. The van der Waals surface area contributed by atoms with Crippen LogP contribution in [0.2, 0.25) is 0 Å². The van der Waals surface area contributed by atoms with Gasteiger partial charge in [0.25, 0.3) is 0 Å². The van der Waals surface area contributed by atoms with E-state index in [1.165, 1.54) is 10.5 Å².